The molecule has 2 rings (SSSR count). The Bertz CT molecular complexity index is 760. The molecule has 0 fully saturated rings. The minimum absolute atomic E-state index is 0.0960. The molecule has 0 saturated heterocycles. The standard InChI is InChI=1S/C15H10Cl2N2O3/c16-11-3-1-2-10(8-11)4-7-15(20)18-14-6-5-12(19(21)22)9-13(14)17/h1-9H,(H,18,20)/b7-4+. The monoisotopic (exact) mass is 336 g/mol. The fourth-order valence-electron chi connectivity index (χ4n) is 1.68. The summed E-state index contributed by atoms with van der Waals surface area (Å²) in [5.41, 5.74) is 0.933. The fraction of sp³-hybridized carbons (Fsp3) is 0. The van der Waals surface area contributed by atoms with Crippen LogP contribution in [0.15, 0.2) is 48.5 Å². The third-order valence-corrected chi connectivity index (χ3v) is 3.24. The van der Waals surface area contributed by atoms with Crippen LogP contribution in [-0.2, 0) is 4.79 Å². The number of hydrogen-bond acceptors (Lipinski definition) is 3. The van der Waals surface area contributed by atoms with E-state index in [1.165, 1.54) is 24.3 Å². The number of nitro benzene ring substituents is 1. The Balaban J connectivity index is 2.07. The maximum Gasteiger partial charge on any atom is 0.271 e. The number of carbonyl (C=O) groups excluding carboxylic acids is 1. The summed E-state index contributed by atoms with van der Waals surface area (Å²) in [6, 6.07) is 10.8. The first-order chi connectivity index (χ1) is 10.5. The van der Waals surface area contributed by atoms with Crippen LogP contribution >= 0.6 is 23.2 Å². The van der Waals surface area contributed by atoms with Crippen molar-refractivity contribution in [1.29, 1.82) is 0 Å². The number of halogens is 2. The van der Waals surface area contributed by atoms with Gasteiger partial charge in [0.2, 0.25) is 5.91 Å². The van der Waals surface area contributed by atoms with Crippen LogP contribution in [-0.4, -0.2) is 10.8 Å². The van der Waals surface area contributed by atoms with Gasteiger partial charge in [0.25, 0.3) is 5.69 Å². The number of carbonyl (C=O) groups is 1. The van der Waals surface area contributed by atoms with Crippen LogP contribution in [0.4, 0.5) is 11.4 Å². The van der Waals surface area contributed by atoms with E-state index in [4.69, 9.17) is 23.2 Å². The van der Waals surface area contributed by atoms with Crippen molar-refractivity contribution in [3.05, 3.63) is 74.3 Å². The zero-order valence-electron chi connectivity index (χ0n) is 11.1. The molecule has 2 aromatic carbocycles. The topological polar surface area (TPSA) is 72.2 Å². The van der Waals surface area contributed by atoms with Gasteiger partial charge < -0.3 is 5.32 Å². The molecule has 0 bridgehead atoms. The van der Waals surface area contributed by atoms with Gasteiger partial charge in [-0.15, -0.1) is 0 Å². The van der Waals surface area contributed by atoms with E-state index in [2.05, 4.69) is 5.32 Å². The average Bonchev–Trinajstić information content (AvgIpc) is 2.47. The van der Waals surface area contributed by atoms with E-state index in [-0.39, 0.29) is 10.7 Å². The fourth-order valence-corrected chi connectivity index (χ4v) is 2.10. The molecule has 0 aliphatic rings. The summed E-state index contributed by atoms with van der Waals surface area (Å²) in [5, 5.41) is 13.8. The third kappa shape index (κ3) is 4.31. The minimum atomic E-state index is -0.559. The molecule has 112 valence electrons. The van der Waals surface area contributed by atoms with Gasteiger partial charge in [0.1, 0.15) is 0 Å². The molecule has 0 aliphatic carbocycles. The first kappa shape index (κ1) is 16.0. The van der Waals surface area contributed by atoms with Crippen molar-refractivity contribution in [2.45, 2.75) is 0 Å². The molecule has 0 unspecified atom stereocenters. The molecule has 0 heterocycles. The van der Waals surface area contributed by atoms with Crippen molar-refractivity contribution in [1.82, 2.24) is 0 Å². The Morgan fingerprint density at radius 3 is 2.59 bits per heavy atom. The SMILES string of the molecule is O=C(/C=C/c1cccc(Cl)c1)Nc1ccc([N+](=O)[O-])cc1Cl. The summed E-state index contributed by atoms with van der Waals surface area (Å²) in [4.78, 5) is 21.9. The third-order valence-electron chi connectivity index (χ3n) is 2.70. The second-order valence-electron chi connectivity index (χ2n) is 4.30. The van der Waals surface area contributed by atoms with Crippen LogP contribution in [0.1, 0.15) is 5.56 Å². The van der Waals surface area contributed by atoms with E-state index >= 15 is 0 Å². The van der Waals surface area contributed by atoms with Crippen molar-refractivity contribution in [2.24, 2.45) is 0 Å². The Morgan fingerprint density at radius 2 is 1.95 bits per heavy atom. The molecule has 0 spiro atoms. The molecule has 0 radical (unpaired) electrons. The van der Waals surface area contributed by atoms with Gasteiger partial charge in [0.05, 0.1) is 15.6 Å². The smallest absolute Gasteiger partial charge is 0.271 e. The van der Waals surface area contributed by atoms with E-state index in [1.54, 1.807) is 30.3 Å². The van der Waals surface area contributed by atoms with Crippen LogP contribution < -0.4 is 5.32 Å². The second-order valence-corrected chi connectivity index (χ2v) is 5.14. The summed E-state index contributed by atoms with van der Waals surface area (Å²) in [6.07, 6.45) is 2.92. The highest BCUT2D eigenvalue weighted by molar-refractivity contribution is 6.34. The lowest BCUT2D eigenvalue weighted by atomic mass is 10.2. The normalized spacial score (nSPS) is 10.6. The molecule has 7 heteroatoms. The second kappa shape index (κ2) is 7.06. The summed E-state index contributed by atoms with van der Waals surface area (Å²) in [5.74, 6) is -0.407. The largest absolute Gasteiger partial charge is 0.321 e. The van der Waals surface area contributed by atoms with E-state index < -0.39 is 10.8 Å². The highest BCUT2D eigenvalue weighted by Crippen LogP contribution is 2.26. The van der Waals surface area contributed by atoms with Crippen molar-refractivity contribution >= 4 is 46.6 Å². The van der Waals surface area contributed by atoms with Gasteiger partial charge >= 0.3 is 0 Å². The van der Waals surface area contributed by atoms with Gasteiger partial charge in [-0.05, 0) is 29.8 Å². The molecular weight excluding hydrogens is 327 g/mol. The number of benzene rings is 2. The number of nitrogens with one attached hydrogen (secondary N) is 1. The van der Waals surface area contributed by atoms with Crippen LogP contribution in [0.5, 0.6) is 0 Å². The Labute approximate surface area is 136 Å². The van der Waals surface area contributed by atoms with E-state index in [1.807, 2.05) is 0 Å². The summed E-state index contributed by atoms with van der Waals surface area (Å²) >= 11 is 11.7. The minimum Gasteiger partial charge on any atom is -0.321 e. The number of nitrogens with zero attached hydrogens (tertiary/aromatic N) is 1. The number of non-ortho nitro benzene ring substituents is 1. The molecule has 0 atom stereocenters. The Kier molecular flexibility index (Phi) is 5.14. The van der Waals surface area contributed by atoms with Gasteiger partial charge in [-0.3, -0.25) is 14.9 Å². The highest BCUT2D eigenvalue weighted by atomic mass is 35.5. The van der Waals surface area contributed by atoms with Crippen molar-refractivity contribution < 1.29 is 9.72 Å². The van der Waals surface area contributed by atoms with Gasteiger partial charge in [-0.25, -0.2) is 0 Å². The maximum absolute atomic E-state index is 11.8. The highest BCUT2D eigenvalue weighted by Gasteiger charge is 2.10. The molecule has 1 N–H and O–H groups in total. The number of hydrogen-bond donors (Lipinski definition) is 1. The maximum atomic E-state index is 11.8. The van der Waals surface area contributed by atoms with Crippen LogP contribution in [0.2, 0.25) is 10.0 Å². The summed E-state index contributed by atoms with van der Waals surface area (Å²) < 4.78 is 0. The van der Waals surface area contributed by atoms with Crippen molar-refractivity contribution in [3.8, 4) is 0 Å². The molecule has 0 aromatic heterocycles. The number of rotatable bonds is 4. The summed E-state index contributed by atoms with van der Waals surface area (Å²) in [6.45, 7) is 0. The molecule has 5 nitrogen and oxygen atoms in total. The molecule has 0 aliphatic heterocycles. The van der Waals surface area contributed by atoms with Crippen molar-refractivity contribution in [3.63, 3.8) is 0 Å². The van der Waals surface area contributed by atoms with Gasteiger partial charge in [0.15, 0.2) is 0 Å². The van der Waals surface area contributed by atoms with E-state index in [9.17, 15) is 14.9 Å². The van der Waals surface area contributed by atoms with Crippen LogP contribution in [0.3, 0.4) is 0 Å². The summed E-state index contributed by atoms with van der Waals surface area (Å²) in [7, 11) is 0. The molecule has 22 heavy (non-hydrogen) atoms. The van der Waals surface area contributed by atoms with Crippen LogP contribution in [0.25, 0.3) is 6.08 Å². The van der Waals surface area contributed by atoms with Gasteiger partial charge in [0, 0.05) is 23.2 Å². The molecule has 2 aromatic rings. The van der Waals surface area contributed by atoms with Gasteiger partial charge in [-0.1, -0.05) is 35.3 Å². The van der Waals surface area contributed by atoms with Crippen LogP contribution in [0, 0.1) is 10.1 Å². The van der Waals surface area contributed by atoms with Gasteiger partial charge in [-0.2, -0.15) is 0 Å². The predicted octanol–water partition coefficient (Wildman–Crippen LogP) is 4.55. The van der Waals surface area contributed by atoms with Crippen molar-refractivity contribution in [2.75, 3.05) is 5.32 Å². The number of nitro groups is 1. The molecule has 1 amide bonds. The quantitative estimate of drug-likeness (QED) is 0.505. The Hall–Kier alpha value is -2.37. The van der Waals surface area contributed by atoms with E-state index in [0.29, 0.717) is 10.7 Å². The number of anilines is 1. The predicted molar refractivity (Wildman–Crippen MR) is 87.2 cm³/mol. The first-order valence-electron chi connectivity index (χ1n) is 6.14. The first-order valence-corrected chi connectivity index (χ1v) is 6.90. The Morgan fingerprint density at radius 1 is 1.18 bits per heavy atom. The molecule has 0 saturated carbocycles. The lowest BCUT2D eigenvalue weighted by Gasteiger charge is -2.04. The lowest BCUT2D eigenvalue weighted by molar-refractivity contribution is -0.384. The van der Waals surface area contributed by atoms with E-state index in [0.717, 1.165) is 5.56 Å². The number of amides is 1. The zero-order valence-corrected chi connectivity index (χ0v) is 12.6. The molecular formula is C15H10Cl2N2O3. The average molecular weight is 337 g/mol. The lowest BCUT2D eigenvalue weighted by Crippen LogP contribution is -2.08. The zero-order chi connectivity index (χ0) is 16.1.